The van der Waals surface area contributed by atoms with Gasteiger partial charge in [0.25, 0.3) is 5.89 Å². The van der Waals surface area contributed by atoms with E-state index < -0.39 is 6.04 Å². The van der Waals surface area contributed by atoms with Crippen molar-refractivity contribution in [1.82, 2.24) is 20.4 Å². The predicted molar refractivity (Wildman–Crippen MR) is 120 cm³/mol. The number of nitrogens with zero attached hydrogens (tertiary/aromatic N) is 3. The van der Waals surface area contributed by atoms with Crippen LogP contribution >= 0.6 is 0 Å². The molecule has 1 aliphatic heterocycles. The summed E-state index contributed by atoms with van der Waals surface area (Å²) in [6.07, 6.45) is 1.67. The molecule has 0 saturated carbocycles. The van der Waals surface area contributed by atoms with Crippen LogP contribution in [0.4, 0.5) is 4.79 Å². The van der Waals surface area contributed by atoms with Gasteiger partial charge in [0.2, 0.25) is 5.82 Å². The summed E-state index contributed by atoms with van der Waals surface area (Å²) in [5.41, 5.74) is 3.11. The lowest BCUT2D eigenvalue weighted by atomic mass is 9.94. The number of ether oxygens (including phenoxy) is 2. The molecule has 2 aromatic carbocycles. The number of urea groups is 1. The van der Waals surface area contributed by atoms with Gasteiger partial charge in [0, 0.05) is 17.8 Å². The fourth-order valence-corrected chi connectivity index (χ4v) is 3.64. The summed E-state index contributed by atoms with van der Waals surface area (Å²) in [6.45, 7) is 5.98. The maximum absolute atomic E-state index is 12.8. The van der Waals surface area contributed by atoms with Crippen molar-refractivity contribution in [2.75, 3.05) is 20.8 Å². The van der Waals surface area contributed by atoms with Crippen LogP contribution in [0, 0.1) is 0 Å². The van der Waals surface area contributed by atoms with E-state index in [1.165, 1.54) is 0 Å². The van der Waals surface area contributed by atoms with E-state index in [0.29, 0.717) is 18.3 Å². The summed E-state index contributed by atoms with van der Waals surface area (Å²) in [7, 11) is 3.22. The third-order valence-corrected chi connectivity index (χ3v) is 5.36. The van der Waals surface area contributed by atoms with Crippen LogP contribution in [0.5, 0.6) is 11.5 Å². The van der Waals surface area contributed by atoms with Crippen LogP contribution in [-0.2, 0) is 0 Å². The molecule has 0 bridgehead atoms. The molecule has 0 saturated heterocycles. The largest absolute Gasteiger partial charge is 0.497 e. The average Bonchev–Trinajstić information content (AvgIpc) is 3.31. The summed E-state index contributed by atoms with van der Waals surface area (Å²) >= 11 is 0. The number of benzene rings is 2. The van der Waals surface area contributed by atoms with Gasteiger partial charge < -0.3 is 19.3 Å². The van der Waals surface area contributed by atoms with Gasteiger partial charge in [-0.15, -0.1) is 6.58 Å². The van der Waals surface area contributed by atoms with Crippen LogP contribution in [0.2, 0.25) is 0 Å². The van der Waals surface area contributed by atoms with Crippen molar-refractivity contribution in [3.8, 4) is 22.9 Å². The van der Waals surface area contributed by atoms with E-state index in [9.17, 15) is 4.79 Å². The fourth-order valence-electron chi connectivity index (χ4n) is 3.64. The van der Waals surface area contributed by atoms with Crippen molar-refractivity contribution in [2.45, 2.75) is 13.0 Å². The second-order valence-electron chi connectivity index (χ2n) is 7.21. The average molecular weight is 432 g/mol. The molecule has 0 spiro atoms. The van der Waals surface area contributed by atoms with Crippen molar-refractivity contribution < 1.29 is 18.8 Å². The Kier molecular flexibility index (Phi) is 5.93. The van der Waals surface area contributed by atoms with Crippen LogP contribution < -0.4 is 14.8 Å². The van der Waals surface area contributed by atoms with E-state index in [2.05, 4.69) is 22.0 Å². The monoisotopic (exact) mass is 432 g/mol. The number of carbonyl (C=O) groups is 1. The predicted octanol–water partition coefficient (Wildman–Crippen LogP) is 4.44. The van der Waals surface area contributed by atoms with Crippen LogP contribution in [0.1, 0.15) is 24.4 Å². The van der Waals surface area contributed by atoms with E-state index in [1.54, 1.807) is 25.2 Å². The Morgan fingerprint density at radius 2 is 1.72 bits per heavy atom. The highest BCUT2D eigenvalue weighted by atomic mass is 16.5. The Hall–Kier alpha value is -4.07. The molecule has 1 atom stereocenters. The van der Waals surface area contributed by atoms with E-state index in [0.717, 1.165) is 33.9 Å². The third-order valence-electron chi connectivity index (χ3n) is 5.36. The number of amides is 2. The molecule has 4 rings (SSSR count). The van der Waals surface area contributed by atoms with Crippen molar-refractivity contribution in [3.63, 3.8) is 0 Å². The molecule has 0 aliphatic carbocycles. The van der Waals surface area contributed by atoms with E-state index in [1.807, 2.05) is 55.5 Å². The molecule has 2 heterocycles. The maximum atomic E-state index is 12.8. The molecule has 1 aliphatic rings. The zero-order valence-corrected chi connectivity index (χ0v) is 18.2. The highest BCUT2D eigenvalue weighted by Gasteiger charge is 2.35. The van der Waals surface area contributed by atoms with Gasteiger partial charge in [0.1, 0.15) is 11.5 Å². The number of nitrogens with one attached hydrogen (secondary N) is 1. The van der Waals surface area contributed by atoms with Crippen molar-refractivity contribution >= 4 is 11.6 Å². The van der Waals surface area contributed by atoms with Gasteiger partial charge in [-0.1, -0.05) is 23.4 Å². The molecule has 164 valence electrons. The Morgan fingerprint density at radius 3 is 2.31 bits per heavy atom. The standard InChI is InChI=1S/C24H24N4O4/c1-5-14-28-15(2)20(21(25-24(28)29)16-6-10-18(30-3)11-7-16)23-26-22(27-32-23)17-8-12-19(31-4)13-9-17/h5-13,21H,1,14H2,2-4H3,(H,25,29). The maximum Gasteiger partial charge on any atom is 0.322 e. The lowest BCUT2D eigenvalue weighted by Gasteiger charge is -2.34. The van der Waals surface area contributed by atoms with E-state index in [-0.39, 0.29) is 6.03 Å². The molecule has 8 heteroatoms. The Bertz CT molecular complexity index is 1150. The smallest absolute Gasteiger partial charge is 0.322 e. The SMILES string of the molecule is C=CCN1C(=O)NC(c2ccc(OC)cc2)C(c2nc(-c3ccc(OC)cc3)no2)=C1C. The summed E-state index contributed by atoms with van der Waals surface area (Å²) in [5, 5.41) is 7.21. The van der Waals surface area contributed by atoms with Gasteiger partial charge in [-0.3, -0.25) is 4.90 Å². The number of aromatic nitrogens is 2. The molecule has 0 radical (unpaired) electrons. The minimum atomic E-state index is -0.460. The molecule has 3 aromatic rings. The zero-order valence-electron chi connectivity index (χ0n) is 18.2. The Labute approximate surface area is 186 Å². The van der Waals surface area contributed by atoms with Gasteiger partial charge in [0.05, 0.1) is 25.8 Å². The van der Waals surface area contributed by atoms with Crippen molar-refractivity contribution in [3.05, 3.63) is 78.3 Å². The first-order valence-corrected chi connectivity index (χ1v) is 10.1. The number of hydrogen-bond acceptors (Lipinski definition) is 6. The topological polar surface area (TPSA) is 89.7 Å². The molecule has 1 N–H and O–H groups in total. The summed E-state index contributed by atoms with van der Waals surface area (Å²) in [6, 6.07) is 14.2. The quantitative estimate of drug-likeness (QED) is 0.555. The molecule has 8 nitrogen and oxygen atoms in total. The fraction of sp³-hybridized carbons (Fsp3) is 0.208. The van der Waals surface area contributed by atoms with Gasteiger partial charge in [0.15, 0.2) is 0 Å². The zero-order chi connectivity index (χ0) is 22.7. The second kappa shape index (κ2) is 8.97. The number of allylic oxidation sites excluding steroid dienone is 1. The number of rotatable bonds is 7. The molecule has 1 unspecified atom stereocenters. The summed E-state index contributed by atoms with van der Waals surface area (Å²) in [5.74, 6) is 2.25. The van der Waals surface area contributed by atoms with Gasteiger partial charge >= 0.3 is 6.03 Å². The minimum absolute atomic E-state index is 0.220. The molecular weight excluding hydrogens is 408 g/mol. The molecular formula is C24H24N4O4. The highest BCUT2D eigenvalue weighted by Crippen LogP contribution is 2.37. The lowest BCUT2D eigenvalue weighted by molar-refractivity contribution is 0.209. The Morgan fingerprint density at radius 1 is 1.09 bits per heavy atom. The number of methoxy groups -OCH3 is 2. The molecule has 32 heavy (non-hydrogen) atoms. The van der Waals surface area contributed by atoms with Crippen LogP contribution in [-0.4, -0.2) is 41.8 Å². The van der Waals surface area contributed by atoms with Gasteiger partial charge in [-0.2, -0.15) is 4.98 Å². The van der Waals surface area contributed by atoms with Crippen LogP contribution in [0.3, 0.4) is 0 Å². The number of hydrogen-bond donors (Lipinski definition) is 1. The molecule has 0 fully saturated rings. The minimum Gasteiger partial charge on any atom is -0.497 e. The summed E-state index contributed by atoms with van der Waals surface area (Å²) < 4.78 is 16.1. The first kappa shape index (κ1) is 21.2. The highest BCUT2D eigenvalue weighted by molar-refractivity contribution is 5.87. The molecule has 1 aromatic heterocycles. The van der Waals surface area contributed by atoms with Crippen molar-refractivity contribution in [2.24, 2.45) is 0 Å². The lowest BCUT2D eigenvalue weighted by Crippen LogP contribution is -2.46. The second-order valence-corrected chi connectivity index (χ2v) is 7.21. The first-order valence-electron chi connectivity index (χ1n) is 10.1. The Balaban J connectivity index is 1.77. The third kappa shape index (κ3) is 3.94. The van der Waals surface area contributed by atoms with E-state index in [4.69, 9.17) is 14.0 Å². The number of carbonyl (C=O) groups excluding carboxylic acids is 1. The summed E-state index contributed by atoms with van der Waals surface area (Å²) in [4.78, 5) is 19.0. The van der Waals surface area contributed by atoms with Crippen molar-refractivity contribution in [1.29, 1.82) is 0 Å². The van der Waals surface area contributed by atoms with Crippen LogP contribution in [0.15, 0.2) is 71.4 Å². The molecule has 2 amide bonds. The van der Waals surface area contributed by atoms with Crippen LogP contribution in [0.25, 0.3) is 17.0 Å². The van der Waals surface area contributed by atoms with E-state index >= 15 is 0 Å². The first-order chi connectivity index (χ1) is 15.5. The van der Waals surface area contributed by atoms with Gasteiger partial charge in [-0.25, -0.2) is 4.79 Å². The van der Waals surface area contributed by atoms with Gasteiger partial charge in [-0.05, 0) is 48.9 Å². The normalized spacial score (nSPS) is 16.0.